The number of primary amides is 1. The van der Waals surface area contributed by atoms with Crippen LogP contribution >= 0.6 is 46.1 Å². The number of aromatic nitrogens is 1. The maximum Gasteiger partial charge on any atom is 0.274 e. The monoisotopic (exact) mass is 520 g/mol. The Balaban J connectivity index is 2.17. The van der Waals surface area contributed by atoms with E-state index in [-0.39, 0.29) is 52.4 Å². The minimum Gasteiger partial charge on any atom is -0.384 e. The molecule has 0 saturated carbocycles. The molecule has 1 atom stereocenters. The number of nitrogens with zero attached hydrogens (tertiary/aromatic N) is 2. The van der Waals surface area contributed by atoms with Crippen LogP contribution < -0.4 is 26.2 Å². The van der Waals surface area contributed by atoms with E-state index in [2.05, 4.69) is 0 Å². The lowest BCUT2D eigenvalue weighted by atomic mass is 9.83. The van der Waals surface area contributed by atoms with Gasteiger partial charge < -0.3 is 11.5 Å². The van der Waals surface area contributed by atoms with E-state index in [9.17, 15) is 19.2 Å². The molecule has 11 heteroatoms. The Morgan fingerprint density at radius 1 is 1.15 bits per heavy atom. The topological polar surface area (TPSA) is 115 Å². The number of hydrogen-bond donors (Lipinski definition) is 2. The lowest BCUT2D eigenvalue weighted by Gasteiger charge is -2.25. The molecule has 4 rings (SSSR count). The summed E-state index contributed by atoms with van der Waals surface area (Å²) in [6.07, 6.45) is 1.26. The molecule has 0 saturated heterocycles. The van der Waals surface area contributed by atoms with E-state index < -0.39 is 23.2 Å². The van der Waals surface area contributed by atoms with Crippen molar-refractivity contribution in [2.24, 2.45) is 11.5 Å². The Morgan fingerprint density at radius 3 is 2.33 bits per heavy atom. The van der Waals surface area contributed by atoms with E-state index in [1.165, 1.54) is 24.3 Å². The maximum absolute atomic E-state index is 14.3. The Hall–Kier alpha value is -3.09. The van der Waals surface area contributed by atoms with E-state index in [1.807, 2.05) is 6.07 Å². The molecular weight excluding hydrogens is 510 g/mol. The van der Waals surface area contributed by atoms with Crippen LogP contribution in [0.3, 0.4) is 0 Å². The number of amides is 1. The van der Waals surface area contributed by atoms with Crippen LogP contribution in [0.1, 0.15) is 17.0 Å². The first-order valence-corrected chi connectivity index (χ1v) is 11.2. The summed E-state index contributed by atoms with van der Waals surface area (Å²) in [5, 5.41) is 10.3. The highest BCUT2D eigenvalue weighted by atomic mass is 35.5. The smallest absolute Gasteiger partial charge is 0.274 e. The number of carbonyl (C=O) groups excluding carboxylic acids is 1. The Kier molecular flexibility index (Phi) is 6.08. The van der Waals surface area contributed by atoms with Crippen LogP contribution in [0, 0.1) is 17.1 Å². The predicted octanol–water partition coefficient (Wildman–Crippen LogP) is 2.92. The fraction of sp³-hybridized carbons (Fsp3) is 0.0455. The third kappa shape index (κ3) is 3.73. The molecule has 166 valence electrons. The zero-order valence-corrected chi connectivity index (χ0v) is 19.5. The van der Waals surface area contributed by atoms with Crippen molar-refractivity contribution in [3.05, 3.63) is 93.5 Å². The van der Waals surface area contributed by atoms with Crippen LogP contribution in [0.15, 0.2) is 46.8 Å². The van der Waals surface area contributed by atoms with Gasteiger partial charge in [-0.3, -0.25) is 14.2 Å². The fourth-order valence-electron chi connectivity index (χ4n) is 3.64. The van der Waals surface area contributed by atoms with E-state index in [0.717, 1.165) is 15.9 Å². The standard InChI is InChI=1S/C22H12Cl3FN4O2S/c23-11-3-2-6-14(26)9(11)7-15-21(32)30-19(28)10(8-27)16(18(20(29)31)22(30)33-15)17-12(24)4-1-5-13(17)25/h1-7,16H,28H2,(H2,29,31)/b15-7-/t16-/m0/s1. The number of rotatable bonds is 3. The molecule has 3 aromatic rings. The third-order valence-electron chi connectivity index (χ3n) is 5.10. The van der Waals surface area contributed by atoms with Gasteiger partial charge in [-0.1, -0.05) is 46.9 Å². The van der Waals surface area contributed by atoms with Crippen LogP contribution in [-0.2, 0) is 4.79 Å². The first-order chi connectivity index (χ1) is 15.7. The highest BCUT2D eigenvalue weighted by molar-refractivity contribution is 7.07. The van der Waals surface area contributed by atoms with Crippen LogP contribution in [0.4, 0.5) is 4.39 Å². The van der Waals surface area contributed by atoms with E-state index in [0.29, 0.717) is 0 Å². The number of benzene rings is 2. The van der Waals surface area contributed by atoms with E-state index >= 15 is 0 Å². The Labute approximate surface area is 205 Å². The second-order valence-electron chi connectivity index (χ2n) is 6.95. The minimum absolute atomic E-state index is 0.00940. The number of thiazole rings is 1. The largest absolute Gasteiger partial charge is 0.384 e. The molecule has 0 aliphatic carbocycles. The average molecular weight is 522 g/mol. The first kappa shape index (κ1) is 23.1. The molecule has 6 nitrogen and oxygen atoms in total. The van der Waals surface area contributed by atoms with Crippen molar-refractivity contribution in [3.8, 4) is 6.07 Å². The summed E-state index contributed by atoms with van der Waals surface area (Å²) < 4.78 is 15.4. The third-order valence-corrected chi connectivity index (χ3v) is 7.19. The summed E-state index contributed by atoms with van der Waals surface area (Å²) in [7, 11) is 0. The van der Waals surface area contributed by atoms with Gasteiger partial charge in [0.15, 0.2) is 0 Å². The molecule has 33 heavy (non-hydrogen) atoms. The summed E-state index contributed by atoms with van der Waals surface area (Å²) in [5.41, 5.74) is 11.3. The van der Waals surface area contributed by atoms with Crippen molar-refractivity contribution in [2.45, 2.75) is 5.92 Å². The molecule has 2 heterocycles. The van der Waals surface area contributed by atoms with Crippen LogP contribution in [0.5, 0.6) is 0 Å². The number of fused-ring (bicyclic) bond motifs is 1. The zero-order valence-electron chi connectivity index (χ0n) is 16.4. The molecule has 2 aromatic carbocycles. The first-order valence-electron chi connectivity index (χ1n) is 9.23. The van der Waals surface area contributed by atoms with Crippen LogP contribution in [-0.4, -0.2) is 10.5 Å². The van der Waals surface area contributed by atoms with Gasteiger partial charge in [-0.15, -0.1) is 11.3 Å². The molecular formula is C22H12Cl3FN4O2S. The van der Waals surface area contributed by atoms with Crippen molar-refractivity contribution >= 4 is 69.5 Å². The average Bonchev–Trinajstić information content (AvgIpc) is 3.06. The summed E-state index contributed by atoms with van der Waals surface area (Å²) in [4.78, 5) is 25.8. The fourth-order valence-corrected chi connectivity index (χ4v) is 5.64. The number of halogens is 4. The van der Waals surface area contributed by atoms with Gasteiger partial charge in [0.1, 0.15) is 16.3 Å². The molecule has 0 radical (unpaired) electrons. The zero-order chi connectivity index (χ0) is 24.0. The van der Waals surface area contributed by atoms with Crippen molar-refractivity contribution in [3.63, 3.8) is 0 Å². The van der Waals surface area contributed by atoms with Crippen LogP contribution in [0.25, 0.3) is 17.5 Å². The molecule has 1 amide bonds. The highest BCUT2D eigenvalue weighted by Crippen LogP contribution is 2.42. The van der Waals surface area contributed by atoms with Crippen molar-refractivity contribution in [1.29, 1.82) is 5.26 Å². The molecule has 1 aliphatic rings. The van der Waals surface area contributed by atoms with E-state index in [1.54, 1.807) is 18.2 Å². The van der Waals surface area contributed by atoms with Gasteiger partial charge in [-0.05, 0) is 30.3 Å². The number of nitriles is 1. The summed E-state index contributed by atoms with van der Waals surface area (Å²) >= 11 is 19.7. The second kappa shape index (κ2) is 8.69. The molecule has 0 fully saturated rings. The Bertz CT molecular complexity index is 1560. The molecule has 0 spiro atoms. The SMILES string of the molecule is N#CC1=C(N)n2c(s/c(=C\c3c(F)cccc3Cl)c2=O)=C(C(N)=O)[C@@H]1c1c(Cl)cccc1Cl. The minimum atomic E-state index is -1.10. The van der Waals surface area contributed by atoms with Crippen molar-refractivity contribution in [2.75, 3.05) is 0 Å². The number of allylic oxidation sites excluding steroid dienone is 1. The van der Waals surface area contributed by atoms with Gasteiger partial charge in [0.2, 0.25) is 5.91 Å². The van der Waals surface area contributed by atoms with Gasteiger partial charge in [-0.25, -0.2) is 4.39 Å². The van der Waals surface area contributed by atoms with Crippen LogP contribution in [0.2, 0.25) is 15.1 Å². The lowest BCUT2D eigenvalue weighted by Crippen LogP contribution is -2.41. The molecule has 0 bridgehead atoms. The van der Waals surface area contributed by atoms with Crippen molar-refractivity contribution in [1.82, 2.24) is 4.57 Å². The van der Waals surface area contributed by atoms with Gasteiger partial charge in [0, 0.05) is 21.2 Å². The second-order valence-corrected chi connectivity index (χ2v) is 9.20. The quantitative estimate of drug-likeness (QED) is 0.551. The lowest BCUT2D eigenvalue weighted by molar-refractivity contribution is -0.113. The Morgan fingerprint density at radius 2 is 1.76 bits per heavy atom. The summed E-state index contributed by atoms with van der Waals surface area (Å²) in [6, 6.07) is 10.7. The number of nitrogens with two attached hydrogens (primary N) is 2. The van der Waals surface area contributed by atoms with Gasteiger partial charge in [-0.2, -0.15) is 5.26 Å². The van der Waals surface area contributed by atoms with Gasteiger partial charge in [0.05, 0.1) is 32.7 Å². The predicted molar refractivity (Wildman–Crippen MR) is 128 cm³/mol. The van der Waals surface area contributed by atoms with Gasteiger partial charge >= 0.3 is 0 Å². The molecule has 4 N–H and O–H groups in total. The van der Waals surface area contributed by atoms with Crippen molar-refractivity contribution < 1.29 is 9.18 Å². The molecule has 0 unspecified atom stereocenters. The highest BCUT2D eigenvalue weighted by Gasteiger charge is 2.36. The molecule has 1 aliphatic heterocycles. The summed E-state index contributed by atoms with van der Waals surface area (Å²) in [5.74, 6) is -2.85. The maximum atomic E-state index is 14.3. The number of hydrogen-bond acceptors (Lipinski definition) is 5. The summed E-state index contributed by atoms with van der Waals surface area (Å²) in [6.45, 7) is 0. The molecule has 1 aromatic heterocycles. The van der Waals surface area contributed by atoms with E-state index in [4.69, 9.17) is 46.3 Å². The number of carbonyl (C=O) groups is 1. The normalized spacial score (nSPS) is 16.0. The van der Waals surface area contributed by atoms with Gasteiger partial charge in [0.25, 0.3) is 5.56 Å².